The van der Waals surface area contributed by atoms with Gasteiger partial charge in [0.25, 0.3) is 5.69 Å². The molecule has 0 aliphatic carbocycles. The number of methoxy groups -OCH3 is 1. The summed E-state index contributed by atoms with van der Waals surface area (Å²) in [5.41, 5.74) is 1.22. The number of nitro groups is 1. The zero-order chi connectivity index (χ0) is 19.6. The van der Waals surface area contributed by atoms with E-state index < -0.39 is 10.8 Å². The summed E-state index contributed by atoms with van der Waals surface area (Å²) in [6.07, 6.45) is 0.127. The molecule has 0 aromatic heterocycles. The molecule has 1 fully saturated rings. The molecule has 27 heavy (non-hydrogen) atoms. The first kappa shape index (κ1) is 18.4. The summed E-state index contributed by atoms with van der Waals surface area (Å²) in [5, 5.41) is 10.7. The summed E-state index contributed by atoms with van der Waals surface area (Å²) in [6, 6.07) is 12.8. The summed E-state index contributed by atoms with van der Waals surface area (Å²) in [4.78, 5) is 38.4. The van der Waals surface area contributed by atoms with Crippen LogP contribution in [-0.2, 0) is 9.59 Å². The molecule has 140 valence electrons. The fourth-order valence-electron chi connectivity index (χ4n) is 3.08. The number of ether oxygens (including phenoxy) is 1. The Balaban J connectivity index is 1.71. The topological polar surface area (TPSA) is 93.0 Å². The van der Waals surface area contributed by atoms with Gasteiger partial charge < -0.3 is 14.5 Å². The van der Waals surface area contributed by atoms with E-state index in [4.69, 9.17) is 4.74 Å². The van der Waals surface area contributed by atoms with E-state index in [-0.39, 0.29) is 23.9 Å². The number of nitrogens with zero attached hydrogens (tertiary/aromatic N) is 3. The van der Waals surface area contributed by atoms with Crippen molar-refractivity contribution < 1.29 is 19.2 Å². The minimum atomic E-state index is -0.492. The molecule has 1 heterocycles. The van der Waals surface area contributed by atoms with Gasteiger partial charge in [-0.2, -0.15) is 0 Å². The van der Waals surface area contributed by atoms with Crippen LogP contribution in [0.15, 0.2) is 48.5 Å². The molecular formula is C19H19N3O5. The minimum absolute atomic E-state index is 0.0404. The Bertz CT molecular complexity index is 864. The van der Waals surface area contributed by atoms with Crippen LogP contribution in [0.3, 0.4) is 0 Å². The Morgan fingerprint density at radius 1 is 1.19 bits per heavy atom. The van der Waals surface area contributed by atoms with Crippen LogP contribution < -0.4 is 14.5 Å². The highest BCUT2D eigenvalue weighted by molar-refractivity contribution is 6.04. The fraction of sp³-hybridized carbons (Fsp3) is 0.263. The third kappa shape index (κ3) is 3.74. The highest BCUT2D eigenvalue weighted by Crippen LogP contribution is 2.29. The van der Waals surface area contributed by atoms with Gasteiger partial charge in [0, 0.05) is 43.5 Å². The molecule has 0 N–H and O–H groups in total. The average molecular weight is 369 g/mol. The SMILES string of the molecule is COc1ccc(N2C[C@H](C(=O)N(C)c3ccc([N+](=O)[O-])cc3)CC2=O)cc1. The molecule has 0 spiro atoms. The largest absolute Gasteiger partial charge is 0.497 e. The standard InChI is InChI=1S/C19H19N3O5/c1-20(14-3-5-16(6-4-14)22(25)26)19(24)13-11-18(23)21(12-13)15-7-9-17(27-2)10-8-15/h3-10,13H,11-12H2,1-2H3/t13-/m1/s1. The summed E-state index contributed by atoms with van der Waals surface area (Å²) in [7, 11) is 3.17. The van der Waals surface area contributed by atoms with Crippen molar-refractivity contribution in [3.05, 3.63) is 58.6 Å². The van der Waals surface area contributed by atoms with Crippen LogP contribution in [0.5, 0.6) is 5.75 Å². The molecular weight excluding hydrogens is 350 g/mol. The number of hydrogen-bond acceptors (Lipinski definition) is 5. The third-order valence-electron chi connectivity index (χ3n) is 4.64. The first-order chi connectivity index (χ1) is 12.9. The number of carbonyl (C=O) groups excluding carboxylic acids is 2. The summed E-state index contributed by atoms with van der Waals surface area (Å²) in [5.74, 6) is -0.0976. The summed E-state index contributed by atoms with van der Waals surface area (Å²) in [6.45, 7) is 0.293. The van der Waals surface area contributed by atoms with Gasteiger partial charge in [0.2, 0.25) is 11.8 Å². The summed E-state index contributed by atoms with van der Waals surface area (Å²) >= 11 is 0. The monoisotopic (exact) mass is 369 g/mol. The normalized spacial score (nSPS) is 16.3. The lowest BCUT2D eigenvalue weighted by Gasteiger charge is -2.21. The Kier molecular flexibility index (Phi) is 5.07. The molecule has 8 nitrogen and oxygen atoms in total. The van der Waals surface area contributed by atoms with Gasteiger partial charge in [-0.05, 0) is 36.4 Å². The van der Waals surface area contributed by atoms with Gasteiger partial charge in [-0.3, -0.25) is 19.7 Å². The van der Waals surface area contributed by atoms with Crippen LogP contribution in [0.25, 0.3) is 0 Å². The van der Waals surface area contributed by atoms with Gasteiger partial charge >= 0.3 is 0 Å². The molecule has 0 saturated carbocycles. The van der Waals surface area contributed by atoms with E-state index in [1.165, 1.54) is 29.2 Å². The number of rotatable bonds is 5. The fourth-order valence-corrected chi connectivity index (χ4v) is 3.08. The van der Waals surface area contributed by atoms with E-state index in [9.17, 15) is 19.7 Å². The van der Waals surface area contributed by atoms with E-state index in [1.54, 1.807) is 43.3 Å². The van der Waals surface area contributed by atoms with Crippen molar-refractivity contribution in [2.45, 2.75) is 6.42 Å². The Morgan fingerprint density at radius 3 is 2.37 bits per heavy atom. The van der Waals surface area contributed by atoms with Crippen LogP contribution in [0.1, 0.15) is 6.42 Å². The van der Waals surface area contributed by atoms with Crippen molar-refractivity contribution in [2.75, 3.05) is 30.5 Å². The summed E-state index contributed by atoms with van der Waals surface area (Å²) < 4.78 is 5.12. The van der Waals surface area contributed by atoms with Gasteiger partial charge in [-0.25, -0.2) is 0 Å². The Hall–Kier alpha value is -3.42. The van der Waals surface area contributed by atoms with E-state index in [1.807, 2.05) is 0 Å². The molecule has 1 aliphatic heterocycles. The first-order valence-corrected chi connectivity index (χ1v) is 8.37. The lowest BCUT2D eigenvalue weighted by molar-refractivity contribution is -0.384. The lowest BCUT2D eigenvalue weighted by atomic mass is 10.1. The zero-order valence-corrected chi connectivity index (χ0v) is 15.0. The molecule has 0 radical (unpaired) electrons. The van der Waals surface area contributed by atoms with Crippen molar-refractivity contribution in [2.24, 2.45) is 5.92 Å². The number of hydrogen-bond donors (Lipinski definition) is 0. The minimum Gasteiger partial charge on any atom is -0.497 e. The number of nitro benzene ring substituents is 1. The predicted octanol–water partition coefficient (Wildman–Crippen LogP) is 2.62. The predicted molar refractivity (Wildman–Crippen MR) is 100.0 cm³/mol. The molecule has 0 unspecified atom stereocenters. The van der Waals surface area contributed by atoms with Crippen LogP contribution in [0, 0.1) is 16.0 Å². The van der Waals surface area contributed by atoms with E-state index in [0.717, 1.165) is 0 Å². The quantitative estimate of drug-likeness (QED) is 0.597. The van der Waals surface area contributed by atoms with Gasteiger partial charge in [-0.1, -0.05) is 0 Å². The number of amides is 2. The van der Waals surface area contributed by atoms with Crippen molar-refractivity contribution in [3.8, 4) is 5.75 Å². The third-order valence-corrected chi connectivity index (χ3v) is 4.64. The Labute approximate surface area is 156 Å². The number of benzene rings is 2. The molecule has 1 aliphatic rings. The van der Waals surface area contributed by atoms with E-state index >= 15 is 0 Å². The maximum Gasteiger partial charge on any atom is 0.269 e. The average Bonchev–Trinajstić information content (AvgIpc) is 3.08. The molecule has 0 bridgehead atoms. The molecule has 2 amide bonds. The van der Waals surface area contributed by atoms with Crippen LogP contribution >= 0.6 is 0 Å². The van der Waals surface area contributed by atoms with Crippen LogP contribution in [0.2, 0.25) is 0 Å². The molecule has 3 rings (SSSR count). The highest BCUT2D eigenvalue weighted by Gasteiger charge is 2.36. The molecule has 1 saturated heterocycles. The van der Waals surface area contributed by atoms with E-state index in [0.29, 0.717) is 23.7 Å². The molecule has 1 atom stereocenters. The van der Waals surface area contributed by atoms with Crippen LogP contribution in [-0.4, -0.2) is 37.4 Å². The van der Waals surface area contributed by atoms with Gasteiger partial charge in [0.1, 0.15) is 5.75 Å². The Morgan fingerprint density at radius 2 is 1.81 bits per heavy atom. The van der Waals surface area contributed by atoms with Gasteiger partial charge in [0.15, 0.2) is 0 Å². The zero-order valence-electron chi connectivity index (χ0n) is 15.0. The van der Waals surface area contributed by atoms with E-state index in [2.05, 4.69) is 0 Å². The van der Waals surface area contributed by atoms with Crippen molar-refractivity contribution in [1.29, 1.82) is 0 Å². The molecule has 2 aromatic carbocycles. The maximum absolute atomic E-state index is 12.8. The second-order valence-electron chi connectivity index (χ2n) is 6.27. The lowest BCUT2D eigenvalue weighted by Crippen LogP contribution is -2.34. The highest BCUT2D eigenvalue weighted by atomic mass is 16.6. The first-order valence-electron chi connectivity index (χ1n) is 8.37. The van der Waals surface area contributed by atoms with Crippen molar-refractivity contribution in [3.63, 3.8) is 0 Å². The molecule has 2 aromatic rings. The van der Waals surface area contributed by atoms with Crippen molar-refractivity contribution >= 4 is 28.9 Å². The second kappa shape index (κ2) is 7.45. The van der Waals surface area contributed by atoms with Gasteiger partial charge in [0.05, 0.1) is 18.0 Å². The number of carbonyl (C=O) groups is 2. The van der Waals surface area contributed by atoms with Gasteiger partial charge in [-0.15, -0.1) is 0 Å². The number of non-ortho nitro benzene ring substituents is 1. The second-order valence-corrected chi connectivity index (χ2v) is 6.27. The molecule has 8 heteroatoms. The van der Waals surface area contributed by atoms with Crippen molar-refractivity contribution in [1.82, 2.24) is 0 Å². The maximum atomic E-state index is 12.8. The smallest absolute Gasteiger partial charge is 0.269 e. The number of anilines is 2. The van der Waals surface area contributed by atoms with Crippen LogP contribution in [0.4, 0.5) is 17.1 Å².